The molecule has 37 heavy (non-hydrogen) atoms. The van der Waals surface area contributed by atoms with Gasteiger partial charge in [-0.15, -0.1) is 0 Å². The van der Waals surface area contributed by atoms with Crippen LogP contribution in [0.4, 0.5) is 0 Å². The van der Waals surface area contributed by atoms with Crippen LogP contribution >= 0.6 is 0 Å². The Morgan fingerprint density at radius 3 is 1.19 bits per heavy atom. The van der Waals surface area contributed by atoms with Crippen molar-refractivity contribution >= 4 is 11.9 Å². The number of rotatable bonds is 6. The van der Waals surface area contributed by atoms with E-state index < -0.39 is 11.9 Å². The van der Waals surface area contributed by atoms with Gasteiger partial charge in [0.1, 0.15) is 11.5 Å². The normalized spacial score (nSPS) is 11.7. The van der Waals surface area contributed by atoms with Crippen molar-refractivity contribution in [3.05, 3.63) is 130 Å². The Kier molecular flexibility index (Phi) is 10.6. The predicted octanol–water partition coefficient (Wildman–Crippen LogP) is 3.81. The molecular weight excluding hydrogens is 522 g/mol. The topological polar surface area (TPSA) is 121 Å². The van der Waals surface area contributed by atoms with Crippen molar-refractivity contribution in [2.45, 2.75) is 25.7 Å². The van der Waals surface area contributed by atoms with E-state index in [1.165, 1.54) is 24.3 Å². The van der Waals surface area contributed by atoms with Crippen molar-refractivity contribution in [3.63, 3.8) is 0 Å². The number of phenols is 2. The van der Waals surface area contributed by atoms with E-state index in [0.29, 0.717) is 0 Å². The molecule has 0 radical (unpaired) electrons. The smallest absolute Gasteiger partial charge is 0.545 e. The Bertz CT molecular complexity index is 1230. The first-order valence-electron chi connectivity index (χ1n) is 11.4. The third-order valence-corrected chi connectivity index (χ3v) is 6.08. The second kappa shape index (κ2) is 13.4. The fraction of sp³-hybridized carbons (Fsp3) is 0.133. The molecule has 0 heterocycles. The van der Waals surface area contributed by atoms with Crippen molar-refractivity contribution < 1.29 is 49.5 Å². The molecule has 0 saturated heterocycles. The van der Waals surface area contributed by atoms with E-state index in [-0.39, 0.29) is 53.9 Å². The summed E-state index contributed by atoms with van der Waals surface area (Å²) in [6, 6.07) is 28.7. The number of aromatic carboxylic acids is 2. The minimum absolute atomic E-state index is 0. The third-order valence-electron chi connectivity index (χ3n) is 6.08. The molecule has 184 valence electrons. The van der Waals surface area contributed by atoms with Gasteiger partial charge >= 0.3 is 19.5 Å². The average molecular weight is 548 g/mol. The minimum atomic E-state index is -1.37. The van der Waals surface area contributed by atoms with Gasteiger partial charge in [0.05, 0.1) is 11.9 Å². The molecule has 0 fully saturated rings. The van der Waals surface area contributed by atoms with Gasteiger partial charge in [0, 0.05) is 23.0 Å². The van der Waals surface area contributed by atoms with Crippen molar-refractivity contribution in [2.24, 2.45) is 0 Å². The standard InChI is InChI=1S/2C15H14O3.Zn/c2*1-10(11-5-3-2-4-6-11)12-7-8-14(16)13(9-12)15(17)18;/h2*2-10,16H,1H3,(H,17,18);/q;;+2/p-2. The summed E-state index contributed by atoms with van der Waals surface area (Å²) in [5.74, 6) is -3.14. The SMILES string of the molecule is CC(c1ccccc1)c1ccc(O)c(C(=O)[O-])c1.CC(c1ccccc1)c1ccc(O)c(C(=O)[O-])c1.[Zn+2]. The zero-order valence-electron chi connectivity index (χ0n) is 20.6. The summed E-state index contributed by atoms with van der Waals surface area (Å²) >= 11 is 0. The number of aromatic hydroxyl groups is 2. The number of hydrogen-bond acceptors (Lipinski definition) is 6. The molecule has 2 N–H and O–H groups in total. The summed E-state index contributed by atoms with van der Waals surface area (Å²) in [7, 11) is 0. The van der Waals surface area contributed by atoms with E-state index in [1.807, 2.05) is 74.5 Å². The Balaban J connectivity index is 0.000000253. The van der Waals surface area contributed by atoms with Gasteiger partial charge in [0.15, 0.2) is 0 Å². The third kappa shape index (κ3) is 7.51. The summed E-state index contributed by atoms with van der Waals surface area (Å²) < 4.78 is 0. The van der Waals surface area contributed by atoms with E-state index in [2.05, 4.69) is 0 Å². The fourth-order valence-corrected chi connectivity index (χ4v) is 3.84. The van der Waals surface area contributed by atoms with Crippen LogP contribution in [0.3, 0.4) is 0 Å². The van der Waals surface area contributed by atoms with Gasteiger partial charge in [-0.2, -0.15) is 0 Å². The molecular formula is C30H26O6Zn. The van der Waals surface area contributed by atoms with Crippen LogP contribution in [0.15, 0.2) is 97.1 Å². The van der Waals surface area contributed by atoms with Gasteiger partial charge in [0.2, 0.25) is 0 Å². The van der Waals surface area contributed by atoms with Crippen molar-refractivity contribution in [2.75, 3.05) is 0 Å². The van der Waals surface area contributed by atoms with Crippen LogP contribution in [0.25, 0.3) is 0 Å². The number of carbonyl (C=O) groups is 2. The Hall–Kier alpha value is -3.96. The number of carbonyl (C=O) groups excluding carboxylic acids is 2. The summed E-state index contributed by atoms with van der Waals surface area (Å²) in [4.78, 5) is 21.7. The first kappa shape index (κ1) is 29.3. The van der Waals surface area contributed by atoms with Gasteiger partial charge in [-0.25, -0.2) is 0 Å². The second-order valence-electron chi connectivity index (χ2n) is 8.39. The van der Waals surface area contributed by atoms with Crippen LogP contribution in [-0.4, -0.2) is 22.2 Å². The molecule has 0 aliphatic heterocycles. The van der Waals surface area contributed by atoms with Crippen LogP contribution < -0.4 is 10.2 Å². The molecule has 0 saturated carbocycles. The van der Waals surface area contributed by atoms with Gasteiger partial charge in [-0.1, -0.05) is 86.6 Å². The molecule has 0 amide bonds. The zero-order chi connectivity index (χ0) is 26.2. The van der Waals surface area contributed by atoms with Crippen molar-refractivity contribution in [1.29, 1.82) is 0 Å². The first-order valence-corrected chi connectivity index (χ1v) is 11.4. The largest absolute Gasteiger partial charge is 2.00 e. The van der Waals surface area contributed by atoms with Gasteiger partial charge in [-0.05, 0) is 46.5 Å². The number of carboxylic acid groups (broad SMARTS) is 2. The molecule has 4 aromatic carbocycles. The van der Waals surface area contributed by atoms with Gasteiger partial charge < -0.3 is 30.0 Å². The summed E-state index contributed by atoms with van der Waals surface area (Å²) in [6.07, 6.45) is 0. The van der Waals surface area contributed by atoms with Crippen LogP contribution in [0.1, 0.15) is 68.7 Å². The predicted molar refractivity (Wildman–Crippen MR) is 133 cm³/mol. The molecule has 2 unspecified atom stereocenters. The fourth-order valence-electron chi connectivity index (χ4n) is 3.84. The van der Waals surface area contributed by atoms with E-state index in [9.17, 15) is 30.0 Å². The Morgan fingerprint density at radius 2 is 0.892 bits per heavy atom. The monoisotopic (exact) mass is 546 g/mol. The van der Waals surface area contributed by atoms with Gasteiger partial charge in [-0.3, -0.25) is 0 Å². The Labute approximate surface area is 228 Å². The number of benzene rings is 4. The molecule has 0 spiro atoms. The van der Waals surface area contributed by atoms with Crippen LogP contribution in [0.2, 0.25) is 0 Å². The zero-order valence-corrected chi connectivity index (χ0v) is 23.6. The maximum atomic E-state index is 10.9. The first-order chi connectivity index (χ1) is 17.2. The van der Waals surface area contributed by atoms with E-state index in [0.717, 1.165) is 22.3 Å². The van der Waals surface area contributed by atoms with Gasteiger partial charge in [0.25, 0.3) is 0 Å². The summed E-state index contributed by atoms with van der Waals surface area (Å²) in [6.45, 7) is 3.97. The van der Waals surface area contributed by atoms with Crippen LogP contribution in [-0.2, 0) is 19.5 Å². The molecule has 7 heteroatoms. The molecule has 2 atom stereocenters. The van der Waals surface area contributed by atoms with E-state index >= 15 is 0 Å². The number of carboxylic acids is 2. The maximum Gasteiger partial charge on any atom is 2.00 e. The molecule has 0 aliphatic carbocycles. The van der Waals surface area contributed by atoms with Crippen LogP contribution in [0.5, 0.6) is 11.5 Å². The number of hydrogen-bond donors (Lipinski definition) is 2. The molecule has 6 nitrogen and oxygen atoms in total. The van der Waals surface area contributed by atoms with Crippen molar-refractivity contribution in [1.82, 2.24) is 0 Å². The second-order valence-corrected chi connectivity index (χ2v) is 8.39. The summed E-state index contributed by atoms with van der Waals surface area (Å²) in [5.41, 5.74) is 3.50. The molecule has 4 aromatic rings. The molecule has 0 aromatic heterocycles. The van der Waals surface area contributed by atoms with E-state index in [1.54, 1.807) is 12.1 Å². The average Bonchev–Trinajstić information content (AvgIpc) is 2.89. The van der Waals surface area contributed by atoms with E-state index in [4.69, 9.17) is 0 Å². The minimum Gasteiger partial charge on any atom is -0.545 e. The molecule has 0 aliphatic rings. The van der Waals surface area contributed by atoms with Crippen molar-refractivity contribution in [3.8, 4) is 11.5 Å². The molecule has 0 bridgehead atoms. The molecule has 4 rings (SSSR count). The van der Waals surface area contributed by atoms with Crippen LogP contribution in [0, 0.1) is 0 Å². The Morgan fingerprint density at radius 1 is 0.568 bits per heavy atom. The maximum absolute atomic E-state index is 10.9. The summed E-state index contributed by atoms with van der Waals surface area (Å²) in [5, 5.41) is 40.6. The quantitative estimate of drug-likeness (QED) is 0.354.